The summed E-state index contributed by atoms with van der Waals surface area (Å²) in [5.74, 6) is 0.802. The molecule has 1 aliphatic heterocycles. The van der Waals surface area contributed by atoms with Crippen LogP contribution in [0.5, 0.6) is 5.75 Å². The number of nitrogens with zero attached hydrogens (tertiary/aromatic N) is 1. The van der Waals surface area contributed by atoms with Gasteiger partial charge in [-0.1, -0.05) is 18.2 Å². The first kappa shape index (κ1) is 10.0. The predicted octanol–water partition coefficient (Wildman–Crippen LogP) is 1.92. The van der Waals surface area contributed by atoms with Crippen molar-refractivity contribution >= 4 is 0 Å². The molecule has 0 radical (unpaired) electrons. The molecule has 1 aromatic carbocycles. The number of hydrogen-bond acceptors (Lipinski definition) is 3. The average Bonchev–Trinajstić information content (AvgIpc) is 2.49. The molecule has 1 heterocycles. The molecule has 3 heteroatoms. The third-order valence-corrected chi connectivity index (χ3v) is 2.60. The fraction of sp³-hybridized carbons (Fsp3) is 0.417. The number of fused-ring (bicyclic) bond motifs is 1. The van der Waals surface area contributed by atoms with Crippen molar-refractivity contribution in [1.29, 1.82) is 5.26 Å². The van der Waals surface area contributed by atoms with Crippen molar-refractivity contribution < 1.29 is 4.74 Å². The van der Waals surface area contributed by atoms with E-state index in [1.807, 2.05) is 38.1 Å². The van der Waals surface area contributed by atoms with Crippen molar-refractivity contribution in [3.8, 4) is 11.8 Å². The summed E-state index contributed by atoms with van der Waals surface area (Å²) < 4.78 is 5.82. The minimum absolute atomic E-state index is 0.187. The molecule has 78 valence electrons. The zero-order valence-electron chi connectivity index (χ0n) is 8.95. The minimum atomic E-state index is -0.603. The van der Waals surface area contributed by atoms with Crippen LogP contribution in [-0.4, -0.2) is 5.60 Å². The fourth-order valence-electron chi connectivity index (χ4n) is 1.95. The van der Waals surface area contributed by atoms with Crippen LogP contribution in [0, 0.1) is 11.3 Å². The molecule has 0 bridgehead atoms. The van der Waals surface area contributed by atoms with E-state index in [1.165, 1.54) is 0 Å². The van der Waals surface area contributed by atoms with Gasteiger partial charge in [0.2, 0.25) is 0 Å². The smallest absolute Gasteiger partial charge is 0.129 e. The van der Waals surface area contributed by atoms with E-state index in [1.54, 1.807) is 0 Å². The summed E-state index contributed by atoms with van der Waals surface area (Å²) >= 11 is 0. The quantitative estimate of drug-likeness (QED) is 0.756. The van der Waals surface area contributed by atoms with E-state index < -0.39 is 6.04 Å². The zero-order chi connectivity index (χ0) is 11.1. The lowest BCUT2D eigenvalue weighted by molar-refractivity contribution is 0.137. The molecule has 0 aromatic heterocycles. The first-order valence-corrected chi connectivity index (χ1v) is 4.99. The highest BCUT2D eigenvalue weighted by Gasteiger charge is 2.32. The van der Waals surface area contributed by atoms with Crippen LogP contribution in [0.25, 0.3) is 0 Å². The van der Waals surface area contributed by atoms with E-state index in [9.17, 15) is 0 Å². The van der Waals surface area contributed by atoms with Crippen LogP contribution in [-0.2, 0) is 6.42 Å². The number of rotatable bonds is 1. The van der Waals surface area contributed by atoms with Crippen molar-refractivity contribution in [2.24, 2.45) is 5.73 Å². The van der Waals surface area contributed by atoms with Crippen LogP contribution in [0.4, 0.5) is 0 Å². The van der Waals surface area contributed by atoms with Crippen LogP contribution >= 0.6 is 0 Å². The van der Waals surface area contributed by atoms with Crippen molar-refractivity contribution in [2.75, 3.05) is 0 Å². The molecule has 2 rings (SSSR count). The topological polar surface area (TPSA) is 59.0 Å². The lowest BCUT2D eigenvalue weighted by Gasteiger charge is -2.18. The van der Waals surface area contributed by atoms with E-state index >= 15 is 0 Å². The lowest BCUT2D eigenvalue weighted by Crippen LogP contribution is -2.25. The molecule has 3 nitrogen and oxygen atoms in total. The Hall–Kier alpha value is -1.53. The number of nitrogens with two attached hydrogens (primary N) is 1. The Labute approximate surface area is 89.5 Å². The summed E-state index contributed by atoms with van der Waals surface area (Å²) in [6.45, 7) is 4.07. The maximum Gasteiger partial charge on any atom is 0.129 e. The fourth-order valence-corrected chi connectivity index (χ4v) is 1.95. The number of nitriles is 1. The van der Waals surface area contributed by atoms with E-state index in [2.05, 4.69) is 0 Å². The SMILES string of the molecule is CC1(C)Cc2cccc(C(N)C#N)c2O1. The van der Waals surface area contributed by atoms with Gasteiger partial charge < -0.3 is 10.5 Å². The van der Waals surface area contributed by atoms with Gasteiger partial charge in [0.1, 0.15) is 17.4 Å². The van der Waals surface area contributed by atoms with Crippen molar-refractivity contribution in [3.63, 3.8) is 0 Å². The molecule has 0 amide bonds. The normalized spacial score (nSPS) is 18.8. The predicted molar refractivity (Wildman–Crippen MR) is 57.4 cm³/mol. The highest BCUT2D eigenvalue weighted by atomic mass is 16.5. The van der Waals surface area contributed by atoms with Gasteiger partial charge in [-0.3, -0.25) is 0 Å². The molecule has 2 N–H and O–H groups in total. The van der Waals surface area contributed by atoms with Crippen molar-refractivity contribution in [3.05, 3.63) is 29.3 Å². The third kappa shape index (κ3) is 1.69. The molecule has 0 saturated carbocycles. The standard InChI is InChI=1S/C12H14N2O/c1-12(2)6-8-4-3-5-9(10(14)7-13)11(8)15-12/h3-5,10H,6,14H2,1-2H3. The summed E-state index contributed by atoms with van der Waals surface area (Å²) in [5, 5.41) is 8.82. The first-order valence-electron chi connectivity index (χ1n) is 4.99. The van der Waals surface area contributed by atoms with Crippen LogP contribution < -0.4 is 10.5 Å². The summed E-state index contributed by atoms with van der Waals surface area (Å²) in [4.78, 5) is 0. The van der Waals surface area contributed by atoms with E-state index in [0.29, 0.717) is 0 Å². The largest absolute Gasteiger partial charge is 0.487 e. The molecule has 15 heavy (non-hydrogen) atoms. The van der Waals surface area contributed by atoms with Crippen LogP contribution in [0.15, 0.2) is 18.2 Å². The Balaban J connectivity index is 2.47. The molecule has 0 aliphatic carbocycles. The zero-order valence-corrected chi connectivity index (χ0v) is 8.95. The maximum atomic E-state index is 8.82. The Morgan fingerprint density at radius 3 is 2.93 bits per heavy atom. The van der Waals surface area contributed by atoms with Gasteiger partial charge in [-0.05, 0) is 19.4 Å². The first-order chi connectivity index (χ1) is 7.03. The summed E-state index contributed by atoms with van der Waals surface area (Å²) in [6.07, 6.45) is 0.869. The number of benzene rings is 1. The lowest BCUT2D eigenvalue weighted by atomic mass is 9.99. The second-order valence-corrected chi connectivity index (χ2v) is 4.48. The molecule has 1 unspecified atom stereocenters. The molecule has 0 spiro atoms. The van der Waals surface area contributed by atoms with Gasteiger partial charge >= 0.3 is 0 Å². The van der Waals surface area contributed by atoms with Gasteiger partial charge in [-0.25, -0.2) is 0 Å². The molecule has 0 fully saturated rings. The molecular formula is C12H14N2O. The summed E-state index contributed by atoms with van der Waals surface area (Å²) in [5.41, 5.74) is 7.46. The molecular weight excluding hydrogens is 188 g/mol. The second-order valence-electron chi connectivity index (χ2n) is 4.48. The Bertz CT molecular complexity index is 432. The van der Waals surface area contributed by atoms with E-state index in [4.69, 9.17) is 15.7 Å². The van der Waals surface area contributed by atoms with Crippen LogP contribution in [0.1, 0.15) is 31.0 Å². The number of ether oxygens (including phenoxy) is 1. The van der Waals surface area contributed by atoms with Crippen molar-refractivity contribution in [1.82, 2.24) is 0 Å². The molecule has 0 saturated heterocycles. The monoisotopic (exact) mass is 202 g/mol. The van der Waals surface area contributed by atoms with Gasteiger partial charge in [0.05, 0.1) is 6.07 Å². The van der Waals surface area contributed by atoms with Gasteiger partial charge in [0.15, 0.2) is 0 Å². The highest BCUT2D eigenvalue weighted by molar-refractivity contribution is 5.48. The average molecular weight is 202 g/mol. The Kier molecular flexibility index (Phi) is 2.17. The minimum Gasteiger partial charge on any atom is -0.487 e. The molecule has 1 aromatic rings. The Morgan fingerprint density at radius 2 is 2.27 bits per heavy atom. The highest BCUT2D eigenvalue weighted by Crippen LogP contribution is 2.39. The van der Waals surface area contributed by atoms with E-state index in [0.717, 1.165) is 23.3 Å². The van der Waals surface area contributed by atoms with Gasteiger partial charge in [0, 0.05) is 12.0 Å². The van der Waals surface area contributed by atoms with Gasteiger partial charge in [0.25, 0.3) is 0 Å². The summed E-state index contributed by atoms with van der Waals surface area (Å²) in [7, 11) is 0. The number of para-hydroxylation sites is 1. The van der Waals surface area contributed by atoms with Crippen LogP contribution in [0.3, 0.4) is 0 Å². The number of hydrogen-bond donors (Lipinski definition) is 1. The molecule has 1 aliphatic rings. The molecule has 1 atom stereocenters. The summed E-state index contributed by atoms with van der Waals surface area (Å²) in [6, 6.07) is 7.24. The van der Waals surface area contributed by atoms with Gasteiger partial charge in [-0.15, -0.1) is 0 Å². The second kappa shape index (κ2) is 3.25. The maximum absolute atomic E-state index is 8.82. The van der Waals surface area contributed by atoms with Crippen LogP contribution in [0.2, 0.25) is 0 Å². The van der Waals surface area contributed by atoms with Crippen molar-refractivity contribution in [2.45, 2.75) is 31.9 Å². The Morgan fingerprint density at radius 1 is 1.53 bits per heavy atom. The van der Waals surface area contributed by atoms with Gasteiger partial charge in [-0.2, -0.15) is 5.26 Å². The van der Waals surface area contributed by atoms with E-state index in [-0.39, 0.29) is 5.60 Å². The third-order valence-electron chi connectivity index (χ3n) is 2.60.